The zero-order valence-electron chi connectivity index (χ0n) is 34.9. The Morgan fingerprint density at radius 1 is 0.635 bits per heavy atom. The highest BCUT2D eigenvalue weighted by atomic mass is 16.5. The number of nitrogens with one attached hydrogen (secondary N) is 4. The Morgan fingerprint density at radius 2 is 1.16 bits per heavy atom. The summed E-state index contributed by atoms with van der Waals surface area (Å²) in [5.41, 5.74) is 9.25. The zero-order valence-corrected chi connectivity index (χ0v) is 34.9. The fourth-order valence-corrected chi connectivity index (χ4v) is 8.42. The van der Waals surface area contributed by atoms with Gasteiger partial charge in [-0.25, -0.2) is 9.97 Å². The van der Waals surface area contributed by atoms with Gasteiger partial charge in [-0.2, -0.15) is 0 Å². The number of aromatic nitrogens is 6. The number of benzene rings is 4. The van der Waals surface area contributed by atoms with E-state index in [1.54, 1.807) is 31.2 Å². The van der Waals surface area contributed by atoms with Crippen LogP contribution in [0.15, 0.2) is 134 Å². The normalized spacial score (nSPS) is 14.8. The predicted octanol–water partition coefficient (Wildman–Crippen LogP) is 8.49. The molecule has 4 N–H and O–H groups in total. The lowest BCUT2D eigenvalue weighted by atomic mass is 10.1. The van der Waals surface area contributed by atoms with Gasteiger partial charge in [0.05, 0.1) is 43.8 Å². The number of carbonyl (C=O) groups excluding carboxylic acids is 2. The number of methoxy groups -OCH3 is 2. The van der Waals surface area contributed by atoms with Gasteiger partial charge >= 0.3 is 0 Å². The third-order valence-corrected chi connectivity index (χ3v) is 11.4. The fourth-order valence-electron chi connectivity index (χ4n) is 8.42. The first-order valence-corrected chi connectivity index (χ1v) is 20.9. The van der Waals surface area contributed by atoms with E-state index in [4.69, 9.17) is 19.4 Å². The molecule has 14 heteroatoms. The van der Waals surface area contributed by atoms with E-state index in [1.165, 1.54) is 34.9 Å². The van der Waals surface area contributed by atoms with Crippen molar-refractivity contribution in [2.75, 3.05) is 35.5 Å². The summed E-state index contributed by atoms with van der Waals surface area (Å²) in [4.78, 5) is 38.1. The van der Waals surface area contributed by atoms with Crippen LogP contribution in [0, 0.1) is 0 Å². The molecule has 2 amide bonds. The fraction of sp³-hybridized carbons (Fsp3) is 0.204. The molecule has 2 aliphatic carbocycles. The topological polar surface area (TPSA) is 170 Å². The van der Waals surface area contributed by atoms with Gasteiger partial charge < -0.3 is 35.3 Å². The van der Waals surface area contributed by atoms with E-state index in [0.717, 1.165) is 87.6 Å². The number of pyridine rings is 3. The number of amides is 2. The van der Waals surface area contributed by atoms with E-state index in [-0.39, 0.29) is 30.4 Å². The molecule has 316 valence electrons. The Bertz CT molecular complexity index is 2910. The number of ether oxygens (including phenoxy) is 2. The van der Waals surface area contributed by atoms with Crippen molar-refractivity contribution in [2.45, 2.75) is 50.7 Å². The second-order valence-corrected chi connectivity index (χ2v) is 15.5. The minimum absolute atomic E-state index is 0.0596. The molecule has 4 heterocycles. The van der Waals surface area contributed by atoms with E-state index >= 15 is 0 Å². The Morgan fingerprint density at radius 3 is 1.68 bits per heavy atom. The molecule has 0 saturated carbocycles. The summed E-state index contributed by atoms with van der Waals surface area (Å²) in [6.45, 7) is 0.165. The van der Waals surface area contributed by atoms with Crippen molar-refractivity contribution >= 4 is 56.6 Å². The Labute approximate surface area is 364 Å². The quantitative estimate of drug-likeness (QED) is 0.0931. The third-order valence-electron chi connectivity index (χ3n) is 11.4. The molecule has 14 nitrogen and oxygen atoms in total. The van der Waals surface area contributed by atoms with Crippen molar-refractivity contribution < 1.29 is 19.1 Å². The van der Waals surface area contributed by atoms with Gasteiger partial charge in [0, 0.05) is 45.7 Å². The first-order chi connectivity index (χ1) is 30.9. The molecule has 10 rings (SSSR count). The summed E-state index contributed by atoms with van der Waals surface area (Å²) in [6.07, 6.45) is 10.8. The van der Waals surface area contributed by atoms with E-state index in [9.17, 15) is 9.59 Å². The average molecular weight is 839 g/mol. The molecular formula is C49H46N10O4. The lowest BCUT2D eigenvalue weighted by Gasteiger charge is -2.18. The number of hydrogen-bond acceptors (Lipinski definition) is 11. The molecule has 2 atom stereocenters. The predicted molar refractivity (Wildman–Crippen MR) is 244 cm³/mol. The third kappa shape index (κ3) is 9.39. The number of rotatable bonds is 12. The van der Waals surface area contributed by atoms with Crippen molar-refractivity contribution in [2.24, 2.45) is 0 Å². The van der Waals surface area contributed by atoms with Gasteiger partial charge in [0.2, 0.25) is 11.8 Å². The molecule has 2 aliphatic rings. The Hall–Kier alpha value is -7.87. The highest BCUT2D eigenvalue weighted by Gasteiger charge is 2.27. The van der Waals surface area contributed by atoms with Gasteiger partial charge in [0.1, 0.15) is 42.3 Å². The summed E-state index contributed by atoms with van der Waals surface area (Å²) in [6, 6.07) is 35.9. The molecule has 4 aromatic heterocycles. The van der Waals surface area contributed by atoms with Crippen LogP contribution < -0.4 is 30.7 Å². The second kappa shape index (κ2) is 18.4. The van der Waals surface area contributed by atoms with Crippen LogP contribution in [0.2, 0.25) is 0 Å². The van der Waals surface area contributed by atoms with Crippen LogP contribution >= 0.6 is 0 Å². The summed E-state index contributed by atoms with van der Waals surface area (Å²) in [7, 11) is 3.43. The molecule has 0 saturated heterocycles. The van der Waals surface area contributed by atoms with Gasteiger partial charge in [0.15, 0.2) is 0 Å². The van der Waals surface area contributed by atoms with E-state index in [2.05, 4.69) is 48.6 Å². The van der Waals surface area contributed by atoms with Crippen LogP contribution in [0.4, 0.5) is 23.0 Å². The summed E-state index contributed by atoms with van der Waals surface area (Å²) < 4.78 is 12.8. The number of fused-ring (bicyclic) bond motifs is 4. The minimum Gasteiger partial charge on any atom is -0.496 e. The van der Waals surface area contributed by atoms with Crippen molar-refractivity contribution in [3.8, 4) is 11.5 Å². The maximum absolute atomic E-state index is 12.4. The zero-order chi connectivity index (χ0) is 43.1. The average Bonchev–Trinajstić information content (AvgIpc) is 4.08. The number of carbonyl (C=O) groups is 2. The van der Waals surface area contributed by atoms with Gasteiger partial charge in [-0.05, 0) is 127 Å². The monoisotopic (exact) mass is 838 g/mol. The van der Waals surface area contributed by atoms with Crippen molar-refractivity contribution in [1.29, 1.82) is 0 Å². The van der Waals surface area contributed by atoms with Crippen LogP contribution in [-0.4, -0.2) is 55.8 Å². The Kier molecular flexibility index (Phi) is 11.8. The van der Waals surface area contributed by atoms with E-state index < -0.39 is 0 Å². The lowest BCUT2D eigenvalue weighted by Crippen LogP contribution is -2.17. The van der Waals surface area contributed by atoms with Crippen LogP contribution in [0.1, 0.15) is 52.7 Å². The Balaban J connectivity index is 0.000000160. The highest BCUT2D eigenvalue weighted by Crippen LogP contribution is 2.41. The number of hydrogen-bond donors (Lipinski definition) is 4. The second-order valence-electron chi connectivity index (χ2n) is 15.5. The van der Waals surface area contributed by atoms with Crippen molar-refractivity contribution in [3.63, 3.8) is 0 Å². The number of nitrogens with zero attached hydrogens (tertiary/aromatic N) is 6. The van der Waals surface area contributed by atoms with Crippen LogP contribution in [-0.2, 0) is 35.4 Å². The van der Waals surface area contributed by atoms with Crippen LogP contribution in [0.5, 0.6) is 11.5 Å². The van der Waals surface area contributed by atoms with E-state index in [0.29, 0.717) is 6.42 Å². The molecule has 0 spiro atoms. The lowest BCUT2D eigenvalue weighted by molar-refractivity contribution is -0.117. The maximum Gasteiger partial charge on any atom is 0.244 e. The van der Waals surface area contributed by atoms with Gasteiger partial charge in [-0.1, -0.05) is 24.3 Å². The first-order valence-electron chi connectivity index (χ1n) is 20.9. The number of anilines is 4. The highest BCUT2D eigenvalue weighted by molar-refractivity contribution is 5.95. The molecular weight excluding hydrogens is 793 g/mol. The van der Waals surface area contributed by atoms with Crippen molar-refractivity contribution in [1.82, 2.24) is 29.7 Å². The van der Waals surface area contributed by atoms with Crippen LogP contribution in [0.25, 0.3) is 21.8 Å². The summed E-state index contributed by atoms with van der Waals surface area (Å²) >= 11 is 0. The molecule has 63 heavy (non-hydrogen) atoms. The molecule has 8 aromatic rings. The largest absolute Gasteiger partial charge is 0.496 e. The first kappa shape index (κ1) is 40.5. The molecule has 0 fully saturated rings. The minimum atomic E-state index is -0.140. The van der Waals surface area contributed by atoms with Gasteiger partial charge in [-0.15, -0.1) is 10.2 Å². The molecule has 4 aromatic carbocycles. The molecule has 0 bridgehead atoms. The summed E-state index contributed by atoms with van der Waals surface area (Å²) in [5.74, 6) is 3.29. The number of aryl methyl sites for hydroxylation is 2. The SMILES string of the molecule is COc1cccc2c1C(Nc1ccc3cc(NC(=O)Cc4ccncc4)ccc3n1)CC2.COc1cccc2c1C(Nc1ccc3cc(NC(=O)Cn4cnnc4)ccc3n1)CC2. The summed E-state index contributed by atoms with van der Waals surface area (Å²) in [5, 5.41) is 22.3. The van der Waals surface area contributed by atoms with Crippen LogP contribution in [0.3, 0.4) is 0 Å². The van der Waals surface area contributed by atoms with Gasteiger partial charge in [-0.3, -0.25) is 14.6 Å². The van der Waals surface area contributed by atoms with E-state index in [1.807, 2.05) is 97.1 Å². The molecule has 2 unspecified atom stereocenters. The van der Waals surface area contributed by atoms with Crippen molar-refractivity contribution in [3.05, 3.63) is 162 Å². The maximum atomic E-state index is 12.4. The smallest absolute Gasteiger partial charge is 0.244 e. The van der Waals surface area contributed by atoms with Gasteiger partial charge in [0.25, 0.3) is 0 Å². The molecule has 0 aliphatic heterocycles. The standard InChI is InChI=1S/C26H24N4O2.C23H22N6O2/c1-32-23-4-2-3-18-5-8-22(26(18)23)30-24-10-6-19-16-20(7-9-21(19)29-24)28-25(31)15-17-11-13-27-14-12-17;1-31-20-4-2-3-15-5-8-19(23(15)20)28-21-10-6-16-11-17(7-9-18(16)27-21)26-22(30)12-29-13-24-25-14-29/h2-4,6-7,9-14,16,22H,5,8,15H2,1H3,(H,28,31)(H,29,30);2-4,6-7,9-11,13-14,19H,5,8,12H2,1H3,(H,26,30)(H,27,28). The molecule has 0 radical (unpaired) electrons.